The van der Waals surface area contributed by atoms with Crippen molar-refractivity contribution < 1.29 is 28.8 Å². The van der Waals surface area contributed by atoms with Crippen molar-refractivity contribution in [2.75, 3.05) is 26.1 Å². The van der Waals surface area contributed by atoms with Crippen molar-refractivity contribution in [3.8, 4) is 11.5 Å². The minimum Gasteiger partial charge on any atom is -0.497 e. The minimum absolute atomic E-state index is 0. The van der Waals surface area contributed by atoms with E-state index in [0.29, 0.717) is 24.9 Å². The predicted molar refractivity (Wildman–Crippen MR) is 171 cm³/mol. The van der Waals surface area contributed by atoms with Gasteiger partial charge in [-0.15, -0.1) is 0 Å². The quantitative estimate of drug-likeness (QED) is 0.198. The monoisotopic (exact) mass is 624 g/mol. The number of aromatic nitrogens is 3. The van der Waals surface area contributed by atoms with Crippen molar-refractivity contribution in [3.63, 3.8) is 0 Å². The Labute approximate surface area is 264 Å². The van der Waals surface area contributed by atoms with E-state index in [2.05, 4.69) is 32.4 Å². The highest BCUT2D eigenvalue weighted by Gasteiger charge is 2.54. The van der Waals surface area contributed by atoms with Crippen LogP contribution in [0.3, 0.4) is 0 Å². The molecule has 6 rings (SSSR count). The number of hydrogen-bond acceptors (Lipinski definition) is 10. The van der Waals surface area contributed by atoms with Crippen molar-refractivity contribution in [1.29, 1.82) is 0 Å². The van der Waals surface area contributed by atoms with Crippen LogP contribution in [0.2, 0.25) is 0 Å². The minimum atomic E-state index is -0.670. The maximum absolute atomic E-state index is 11.4. The van der Waals surface area contributed by atoms with E-state index in [0.717, 1.165) is 66.1 Å². The van der Waals surface area contributed by atoms with Gasteiger partial charge in [-0.2, -0.15) is 0 Å². The Balaban J connectivity index is 0.00000400. The molecule has 1 aliphatic heterocycles. The van der Waals surface area contributed by atoms with Crippen LogP contribution in [0, 0.1) is 17.8 Å². The molecular formula is C33H48N6O6. The molecule has 6 N–H and O–H groups in total. The van der Waals surface area contributed by atoms with E-state index in [1.165, 1.54) is 0 Å². The molecule has 246 valence electrons. The van der Waals surface area contributed by atoms with Gasteiger partial charge in [-0.25, -0.2) is 9.97 Å². The molecule has 3 aliphatic rings. The number of carboxylic acid groups (broad SMARTS) is 1. The summed E-state index contributed by atoms with van der Waals surface area (Å²) in [4.78, 5) is 20.7. The summed E-state index contributed by atoms with van der Waals surface area (Å²) < 4.78 is 26.1. The van der Waals surface area contributed by atoms with Gasteiger partial charge in [-0.3, -0.25) is 4.79 Å². The highest BCUT2D eigenvalue weighted by molar-refractivity contribution is 5.87. The molecule has 12 nitrogen and oxygen atoms in total. The Kier molecular flexibility index (Phi) is 9.88. The van der Waals surface area contributed by atoms with Crippen LogP contribution >= 0.6 is 0 Å². The summed E-state index contributed by atoms with van der Waals surface area (Å²) in [5, 5.41) is 17.6. The van der Waals surface area contributed by atoms with Crippen molar-refractivity contribution in [3.05, 3.63) is 42.4 Å². The third-order valence-electron chi connectivity index (χ3n) is 9.72. The molecule has 45 heavy (non-hydrogen) atoms. The molecule has 0 radical (unpaired) electrons. The maximum Gasteiger partial charge on any atom is 0.306 e. The van der Waals surface area contributed by atoms with Gasteiger partial charge < -0.3 is 45.4 Å². The van der Waals surface area contributed by atoms with Gasteiger partial charge in [-0.05, 0) is 70.1 Å². The molecule has 2 aromatic heterocycles. The summed E-state index contributed by atoms with van der Waals surface area (Å²) in [5.41, 5.74) is 1.86. The third-order valence-corrected chi connectivity index (χ3v) is 9.72. The SMILES string of the molecule is CCC(CC1CC(NC[C@H]2C[C@@H](n3ccc4c(NCc5ccc(OC)cc5OC)ncnc43)[C@@H]3OC(C)(C)O[C@H]23)C1)C(=O)O.N. The lowest BCUT2D eigenvalue weighted by molar-refractivity contribution is -0.160. The third kappa shape index (κ3) is 6.74. The summed E-state index contributed by atoms with van der Waals surface area (Å²) in [6.07, 6.45) is 8.04. The molecule has 1 unspecified atom stereocenters. The van der Waals surface area contributed by atoms with E-state index in [4.69, 9.17) is 23.9 Å². The first-order chi connectivity index (χ1) is 21.2. The van der Waals surface area contributed by atoms with Crippen molar-refractivity contribution in [2.45, 2.75) is 89.5 Å². The summed E-state index contributed by atoms with van der Waals surface area (Å²) in [6, 6.07) is 8.35. The topological polar surface area (TPSA) is 164 Å². The molecule has 2 aliphatic carbocycles. The predicted octanol–water partition coefficient (Wildman–Crippen LogP) is 5.17. The van der Waals surface area contributed by atoms with Crippen LogP contribution in [-0.2, 0) is 20.8 Å². The highest BCUT2D eigenvalue weighted by atomic mass is 16.8. The van der Waals surface area contributed by atoms with E-state index in [9.17, 15) is 9.90 Å². The first-order valence-corrected chi connectivity index (χ1v) is 15.8. The molecule has 3 fully saturated rings. The van der Waals surface area contributed by atoms with Crippen molar-refractivity contribution in [2.24, 2.45) is 17.8 Å². The van der Waals surface area contributed by atoms with Crippen molar-refractivity contribution in [1.82, 2.24) is 26.0 Å². The van der Waals surface area contributed by atoms with Crippen LogP contribution in [0.4, 0.5) is 5.82 Å². The summed E-state index contributed by atoms with van der Waals surface area (Å²) in [6.45, 7) is 7.32. The van der Waals surface area contributed by atoms with Gasteiger partial charge in [0.2, 0.25) is 0 Å². The van der Waals surface area contributed by atoms with E-state index in [-0.39, 0.29) is 36.2 Å². The largest absolute Gasteiger partial charge is 0.497 e. The standard InChI is InChI=1S/C33H45N5O6.H3N/c1-6-20(32(39)40)11-19-12-23(13-19)34-17-22-14-26(29-28(22)43-33(2,3)44-29)38-10-9-25-30(36-18-37-31(25)38)35-16-21-7-8-24(41-4)15-27(21)42-5;/h7-10,15,18-20,22-23,26,28-29,34H,6,11-14,16-17H2,1-5H3,(H,39,40)(H,35,36,37);1H3/t19?,20?,22-,23?,26-,28-,29+;/m1./s1. The fourth-order valence-corrected chi connectivity index (χ4v) is 7.34. The van der Waals surface area contributed by atoms with Crippen LogP contribution in [0.25, 0.3) is 11.0 Å². The molecule has 0 amide bonds. The number of hydrogen-bond donors (Lipinski definition) is 4. The molecule has 2 saturated carbocycles. The Hall–Kier alpha value is -3.45. The molecule has 0 spiro atoms. The number of fused-ring (bicyclic) bond motifs is 2. The molecule has 3 aromatic rings. The van der Waals surface area contributed by atoms with Crippen LogP contribution in [0.5, 0.6) is 11.5 Å². The zero-order valence-electron chi connectivity index (χ0n) is 27.0. The average molecular weight is 625 g/mol. The lowest BCUT2D eigenvalue weighted by atomic mass is 9.74. The summed E-state index contributed by atoms with van der Waals surface area (Å²) in [7, 11) is 3.29. The molecule has 3 heterocycles. The number of aliphatic carboxylic acids is 1. The average Bonchev–Trinajstić information content (AvgIpc) is 3.65. The highest BCUT2D eigenvalue weighted by Crippen LogP contribution is 2.48. The Morgan fingerprint density at radius 1 is 1.13 bits per heavy atom. The van der Waals surface area contributed by atoms with E-state index < -0.39 is 11.8 Å². The van der Waals surface area contributed by atoms with E-state index >= 15 is 0 Å². The van der Waals surface area contributed by atoms with Crippen LogP contribution in [0.1, 0.15) is 64.5 Å². The fraction of sp³-hybridized carbons (Fsp3) is 0.606. The smallest absolute Gasteiger partial charge is 0.306 e. The molecule has 1 saturated heterocycles. The summed E-state index contributed by atoms with van der Waals surface area (Å²) in [5.74, 6) is 1.48. The molecule has 1 aromatic carbocycles. The molecular weight excluding hydrogens is 576 g/mol. The van der Waals surface area contributed by atoms with Gasteiger partial charge >= 0.3 is 5.97 Å². The van der Waals surface area contributed by atoms with Crippen molar-refractivity contribution >= 4 is 22.8 Å². The maximum atomic E-state index is 11.4. The number of methoxy groups -OCH3 is 2. The second-order valence-corrected chi connectivity index (χ2v) is 13.0. The zero-order valence-corrected chi connectivity index (χ0v) is 27.0. The zero-order chi connectivity index (χ0) is 31.0. The fourth-order valence-electron chi connectivity index (χ4n) is 7.34. The van der Waals surface area contributed by atoms with Gasteiger partial charge in [0, 0.05) is 42.9 Å². The van der Waals surface area contributed by atoms with Gasteiger partial charge in [0.1, 0.15) is 35.4 Å². The van der Waals surface area contributed by atoms with Gasteiger partial charge in [0.05, 0.1) is 37.7 Å². The lowest BCUT2D eigenvalue weighted by Crippen LogP contribution is -2.45. The normalized spacial score (nSPS) is 27.3. The number of ether oxygens (including phenoxy) is 4. The van der Waals surface area contributed by atoms with Crippen LogP contribution in [-0.4, -0.2) is 70.4 Å². The second kappa shape index (κ2) is 13.5. The number of nitrogens with zero attached hydrogens (tertiary/aromatic N) is 3. The molecule has 5 atom stereocenters. The first kappa shape index (κ1) is 32.9. The molecule has 12 heteroatoms. The van der Waals surface area contributed by atoms with Gasteiger partial charge in [-0.1, -0.05) is 6.92 Å². The second-order valence-electron chi connectivity index (χ2n) is 13.0. The van der Waals surface area contributed by atoms with Crippen LogP contribution in [0.15, 0.2) is 36.8 Å². The number of carboxylic acids is 1. The lowest BCUT2D eigenvalue weighted by Gasteiger charge is -2.38. The number of benzene rings is 1. The Morgan fingerprint density at radius 2 is 1.91 bits per heavy atom. The number of rotatable bonds is 13. The summed E-state index contributed by atoms with van der Waals surface area (Å²) >= 11 is 0. The number of anilines is 1. The number of carbonyl (C=O) groups is 1. The Bertz CT molecular complexity index is 1470. The number of nitrogens with one attached hydrogen (secondary N) is 2. The van der Waals surface area contributed by atoms with E-state index in [1.54, 1.807) is 20.5 Å². The Morgan fingerprint density at radius 3 is 2.62 bits per heavy atom. The van der Waals surface area contributed by atoms with Gasteiger partial charge in [0.25, 0.3) is 0 Å². The molecule has 0 bridgehead atoms. The first-order valence-electron chi connectivity index (χ1n) is 15.8. The van der Waals surface area contributed by atoms with Crippen LogP contribution < -0.4 is 26.3 Å². The van der Waals surface area contributed by atoms with E-state index in [1.807, 2.05) is 39.0 Å². The van der Waals surface area contributed by atoms with Gasteiger partial charge in [0.15, 0.2) is 5.79 Å².